The summed E-state index contributed by atoms with van der Waals surface area (Å²) in [5.74, 6) is -0.436. The largest absolute Gasteiger partial charge is 0.322 e. The Morgan fingerprint density at radius 2 is 1.17 bits per heavy atom. The lowest BCUT2D eigenvalue weighted by Crippen LogP contribution is -2.14. The summed E-state index contributed by atoms with van der Waals surface area (Å²) < 4.78 is 1.92. The molecule has 3 aromatic carbocycles. The van der Waals surface area contributed by atoms with Crippen molar-refractivity contribution in [3.05, 3.63) is 82.8 Å². The van der Waals surface area contributed by atoms with E-state index in [0.29, 0.717) is 22.5 Å². The Hall–Kier alpha value is -3.62. The number of rotatable bonds is 4. The quantitative estimate of drug-likeness (QED) is 0.399. The average molecular weight is 431 g/mol. The highest BCUT2D eigenvalue weighted by Crippen LogP contribution is 2.22. The van der Waals surface area contributed by atoms with Gasteiger partial charge in [0.15, 0.2) is 0 Å². The summed E-state index contributed by atoms with van der Waals surface area (Å²) in [6.07, 6.45) is 0. The first-order valence-corrected chi connectivity index (χ1v) is 10.8. The van der Waals surface area contributed by atoms with Gasteiger partial charge in [-0.1, -0.05) is 6.07 Å². The van der Waals surface area contributed by atoms with Gasteiger partial charge in [0.2, 0.25) is 0 Å². The maximum atomic E-state index is 12.6. The highest BCUT2D eigenvalue weighted by atomic mass is 32.1. The molecule has 2 amide bonds. The number of hydrogen-bond acceptors (Lipinski definition) is 6. The summed E-state index contributed by atoms with van der Waals surface area (Å²) in [5.41, 5.74) is 7.56. The lowest BCUT2D eigenvalue weighted by molar-refractivity contribution is 0.101. The first-order chi connectivity index (χ1) is 14.7. The van der Waals surface area contributed by atoms with E-state index in [2.05, 4.69) is 20.6 Å². The summed E-state index contributed by atoms with van der Waals surface area (Å²) in [4.78, 5) is 33.7. The number of fused-ring (bicyclic) bond motifs is 2. The topological polar surface area (TPSA) is 84.0 Å². The van der Waals surface area contributed by atoms with Crippen LogP contribution >= 0.6 is 22.7 Å². The van der Waals surface area contributed by atoms with E-state index >= 15 is 0 Å². The molecule has 2 N–H and O–H groups in total. The molecule has 0 fully saturated rings. The number of nitrogens with one attached hydrogen (secondary N) is 2. The van der Waals surface area contributed by atoms with Crippen LogP contribution in [-0.4, -0.2) is 21.8 Å². The molecule has 0 atom stereocenters. The van der Waals surface area contributed by atoms with Crippen LogP contribution in [0, 0.1) is 0 Å². The van der Waals surface area contributed by atoms with Gasteiger partial charge in [-0.05, 0) is 54.6 Å². The van der Waals surface area contributed by atoms with Crippen molar-refractivity contribution in [2.24, 2.45) is 0 Å². The van der Waals surface area contributed by atoms with Crippen molar-refractivity contribution < 1.29 is 9.59 Å². The van der Waals surface area contributed by atoms with E-state index in [-0.39, 0.29) is 11.8 Å². The number of hydrogen-bond donors (Lipinski definition) is 2. The number of aromatic nitrogens is 2. The maximum absolute atomic E-state index is 12.6. The molecule has 8 heteroatoms. The van der Waals surface area contributed by atoms with E-state index in [0.717, 1.165) is 20.4 Å². The van der Waals surface area contributed by atoms with Gasteiger partial charge in [0.1, 0.15) is 0 Å². The van der Waals surface area contributed by atoms with Crippen molar-refractivity contribution >= 4 is 66.3 Å². The number of thiazole rings is 2. The van der Waals surface area contributed by atoms with Crippen LogP contribution in [-0.2, 0) is 0 Å². The normalized spacial score (nSPS) is 10.9. The molecule has 0 radical (unpaired) electrons. The lowest BCUT2D eigenvalue weighted by Gasteiger charge is -2.09. The Bertz CT molecular complexity index is 1300. The highest BCUT2D eigenvalue weighted by Gasteiger charge is 2.11. The smallest absolute Gasteiger partial charge is 0.255 e. The fraction of sp³-hybridized carbons (Fsp3) is 0. The second-order valence-electron chi connectivity index (χ2n) is 6.56. The van der Waals surface area contributed by atoms with Crippen molar-refractivity contribution in [3.63, 3.8) is 0 Å². The third kappa shape index (κ3) is 3.66. The van der Waals surface area contributed by atoms with Crippen LogP contribution in [0.3, 0.4) is 0 Å². The third-order valence-corrected chi connectivity index (χ3v) is 6.15. The molecule has 5 aromatic rings. The molecule has 0 spiro atoms. The van der Waals surface area contributed by atoms with E-state index in [4.69, 9.17) is 0 Å². The van der Waals surface area contributed by atoms with Crippen LogP contribution in [0.15, 0.2) is 71.7 Å². The van der Waals surface area contributed by atoms with Gasteiger partial charge in [-0.2, -0.15) is 0 Å². The van der Waals surface area contributed by atoms with Gasteiger partial charge in [0, 0.05) is 22.5 Å². The minimum Gasteiger partial charge on any atom is -0.322 e. The summed E-state index contributed by atoms with van der Waals surface area (Å²) in [5, 5.41) is 5.75. The summed E-state index contributed by atoms with van der Waals surface area (Å²) >= 11 is 2.98. The molecule has 30 heavy (non-hydrogen) atoms. The van der Waals surface area contributed by atoms with Crippen molar-refractivity contribution in [1.29, 1.82) is 0 Å². The molecule has 2 heterocycles. The zero-order valence-electron chi connectivity index (χ0n) is 15.5. The predicted molar refractivity (Wildman–Crippen MR) is 122 cm³/mol. The molecule has 0 bridgehead atoms. The second kappa shape index (κ2) is 7.66. The van der Waals surface area contributed by atoms with Gasteiger partial charge in [0.25, 0.3) is 11.8 Å². The molecule has 2 aromatic heterocycles. The third-order valence-electron chi connectivity index (χ3n) is 4.57. The summed E-state index contributed by atoms with van der Waals surface area (Å²) in [6, 6.07) is 17.9. The number of carbonyl (C=O) groups excluding carboxylic acids is 2. The van der Waals surface area contributed by atoms with E-state index in [1.54, 1.807) is 47.4 Å². The van der Waals surface area contributed by atoms with Gasteiger partial charge in [-0.25, -0.2) is 9.97 Å². The standard InChI is InChI=1S/C22H14N4O2S2/c27-21(13-4-6-17-19(8-13)29-11-23-17)25-15-2-1-3-16(10-15)26-22(28)14-5-7-18-20(9-14)30-12-24-18/h1-12H,(H,25,27)(H,26,28). The minimum absolute atomic E-state index is 0.218. The second-order valence-corrected chi connectivity index (χ2v) is 8.33. The molecule has 0 aliphatic heterocycles. The number of anilines is 2. The van der Waals surface area contributed by atoms with Crippen LogP contribution in [0.5, 0.6) is 0 Å². The van der Waals surface area contributed by atoms with Gasteiger partial charge >= 0.3 is 0 Å². The molecule has 0 unspecified atom stereocenters. The van der Waals surface area contributed by atoms with Crippen LogP contribution in [0.25, 0.3) is 20.4 Å². The Kier molecular flexibility index (Phi) is 4.70. The molecule has 0 saturated heterocycles. The molecule has 5 rings (SSSR count). The van der Waals surface area contributed by atoms with E-state index < -0.39 is 0 Å². The van der Waals surface area contributed by atoms with Crippen molar-refractivity contribution in [3.8, 4) is 0 Å². The molecular formula is C22H14N4O2S2. The van der Waals surface area contributed by atoms with Crippen molar-refractivity contribution in [2.75, 3.05) is 10.6 Å². The predicted octanol–water partition coefficient (Wildman–Crippen LogP) is 5.41. The van der Waals surface area contributed by atoms with Gasteiger partial charge < -0.3 is 10.6 Å². The van der Waals surface area contributed by atoms with Crippen molar-refractivity contribution in [1.82, 2.24) is 9.97 Å². The zero-order chi connectivity index (χ0) is 20.5. The van der Waals surface area contributed by atoms with Crippen LogP contribution in [0.1, 0.15) is 20.7 Å². The molecule has 6 nitrogen and oxygen atoms in total. The lowest BCUT2D eigenvalue weighted by atomic mass is 10.2. The zero-order valence-corrected chi connectivity index (χ0v) is 17.1. The molecule has 0 aliphatic carbocycles. The molecule has 0 aliphatic rings. The monoisotopic (exact) mass is 430 g/mol. The first kappa shape index (κ1) is 18.4. The SMILES string of the molecule is O=C(Nc1cccc(NC(=O)c2ccc3ncsc3c2)c1)c1ccc2ncsc2c1. The Morgan fingerprint density at radius 3 is 1.67 bits per heavy atom. The van der Waals surface area contributed by atoms with Crippen LogP contribution < -0.4 is 10.6 Å². The van der Waals surface area contributed by atoms with E-state index in [9.17, 15) is 9.59 Å². The number of benzene rings is 3. The number of amides is 2. The molecular weight excluding hydrogens is 416 g/mol. The molecule has 146 valence electrons. The maximum Gasteiger partial charge on any atom is 0.255 e. The van der Waals surface area contributed by atoms with Crippen LogP contribution in [0.2, 0.25) is 0 Å². The van der Waals surface area contributed by atoms with E-state index in [1.165, 1.54) is 22.7 Å². The number of nitrogens with zero attached hydrogens (tertiary/aromatic N) is 2. The summed E-state index contributed by atoms with van der Waals surface area (Å²) in [7, 11) is 0. The fourth-order valence-electron chi connectivity index (χ4n) is 3.07. The Balaban J connectivity index is 1.31. The van der Waals surface area contributed by atoms with Gasteiger partial charge in [0.05, 0.1) is 31.5 Å². The Morgan fingerprint density at radius 1 is 0.667 bits per heavy atom. The highest BCUT2D eigenvalue weighted by molar-refractivity contribution is 7.17. The minimum atomic E-state index is -0.218. The van der Waals surface area contributed by atoms with Gasteiger partial charge in [-0.15, -0.1) is 22.7 Å². The van der Waals surface area contributed by atoms with Crippen LogP contribution in [0.4, 0.5) is 11.4 Å². The fourth-order valence-corrected chi connectivity index (χ4v) is 4.51. The average Bonchev–Trinajstić information content (AvgIpc) is 3.42. The molecule has 0 saturated carbocycles. The van der Waals surface area contributed by atoms with Gasteiger partial charge in [-0.3, -0.25) is 9.59 Å². The first-order valence-electron chi connectivity index (χ1n) is 9.05. The summed E-state index contributed by atoms with van der Waals surface area (Å²) in [6.45, 7) is 0. The number of carbonyl (C=O) groups is 2. The van der Waals surface area contributed by atoms with E-state index in [1.807, 2.05) is 24.3 Å². The Labute approximate surface area is 179 Å². The van der Waals surface area contributed by atoms with Crippen molar-refractivity contribution in [2.45, 2.75) is 0 Å².